The molecule has 1 saturated heterocycles. The fourth-order valence-electron chi connectivity index (χ4n) is 2.71. The largest absolute Gasteiger partial charge is 0.394 e. The lowest BCUT2D eigenvalue weighted by Crippen LogP contribution is -2.43. The highest BCUT2D eigenvalue weighted by atomic mass is 16.5. The van der Waals surface area contributed by atoms with Gasteiger partial charge in [-0.25, -0.2) is 15.8 Å². The Labute approximate surface area is 141 Å². The average molecular weight is 331 g/mol. The molecule has 1 fully saturated rings. The van der Waals surface area contributed by atoms with Crippen molar-refractivity contribution in [1.82, 2.24) is 19.7 Å². The van der Waals surface area contributed by atoms with Crippen LogP contribution in [0.4, 0.5) is 11.5 Å². The lowest BCUT2D eigenvalue weighted by Gasteiger charge is -2.28. The van der Waals surface area contributed by atoms with Crippen molar-refractivity contribution < 1.29 is 4.74 Å². The summed E-state index contributed by atoms with van der Waals surface area (Å²) < 4.78 is 7.18. The van der Waals surface area contributed by atoms with Crippen LogP contribution in [0.1, 0.15) is 33.0 Å². The quantitative estimate of drug-likeness (QED) is 0.643. The molecular formula is C16H25N7O. The van der Waals surface area contributed by atoms with Crippen molar-refractivity contribution in [2.45, 2.75) is 38.6 Å². The number of hydrogen-bond donors (Lipinski definition) is 2. The number of ether oxygens (including phenoxy) is 1. The van der Waals surface area contributed by atoms with E-state index in [0.717, 1.165) is 12.1 Å². The van der Waals surface area contributed by atoms with Crippen LogP contribution in [0.3, 0.4) is 0 Å². The predicted molar refractivity (Wildman–Crippen MR) is 93.2 cm³/mol. The molecule has 2 aromatic rings. The molecule has 4 N–H and O–H groups in total. The van der Waals surface area contributed by atoms with Crippen molar-refractivity contribution in [3.63, 3.8) is 0 Å². The Morgan fingerprint density at radius 1 is 1.33 bits per heavy atom. The molecule has 3 heterocycles. The van der Waals surface area contributed by atoms with Gasteiger partial charge in [-0.2, -0.15) is 5.10 Å². The Bertz CT molecular complexity index is 729. The highest BCUT2D eigenvalue weighted by molar-refractivity contribution is 5.79. The van der Waals surface area contributed by atoms with E-state index in [9.17, 15) is 0 Å². The van der Waals surface area contributed by atoms with Gasteiger partial charge >= 0.3 is 0 Å². The predicted octanol–water partition coefficient (Wildman–Crippen LogP) is 1.23. The van der Waals surface area contributed by atoms with Crippen LogP contribution < -0.4 is 16.6 Å². The summed E-state index contributed by atoms with van der Waals surface area (Å²) in [6, 6.07) is 1.95. The second-order valence-electron chi connectivity index (χ2n) is 7.15. The van der Waals surface area contributed by atoms with Crippen LogP contribution in [0.25, 0.3) is 11.4 Å². The number of aromatic nitrogens is 4. The number of nitrogens with two attached hydrogens (primary N) is 2. The first-order valence-electron chi connectivity index (χ1n) is 8.07. The highest BCUT2D eigenvalue weighted by Crippen LogP contribution is 2.34. The first-order chi connectivity index (χ1) is 11.3. The van der Waals surface area contributed by atoms with E-state index in [-0.39, 0.29) is 11.5 Å². The molecule has 0 amide bonds. The van der Waals surface area contributed by atoms with E-state index in [1.54, 1.807) is 15.9 Å². The molecule has 0 saturated carbocycles. The third-order valence-electron chi connectivity index (χ3n) is 4.20. The van der Waals surface area contributed by atoms with E-state index in [0.29, 0.717) is 36.2 Å². The van der Waals surface area contributed by atoms with Gasteiger partial charge in [0.2, 0.25) is 0 Å². The zero-order chi connectivity index (χ0) is 17.5. The van der Waals surface area contributed by atoms with Crippen LogP contribution in [0.5, 0.6) is 0 Å². The van der Waals surface area contributed by atoms with E-state index >= 15 is 0 Å². The van der Waals surface area contributed by atoms with E-state index < -0.39 is 0 Å². The number of anilines is 2. The SMILES string of the molecule is Cn1nccc1-c1nc(C(C)(C)C)nc(N(N)C2CCOC2)c1N. The maximum Gasteiger partial charge on any atom is 0.170 e. The maximum absolute atomic E-state index is 6.40. The number of nitrogen functional groups attached to an aromatic ring is 1. The van der Waals surface area contributed by atoms with Crippen LogP contribution >= 0.6 is 0 Å². The minimum atomic E-state index is -0.233. The number of aryl methyl sites for hydroxylation is 1. The van der Waals surface area contributed by atoms with E-state index in [4.69, 9.17) is 21.3 Å². The minimum absolute atomic E-state index is 0.0643. The molecule has 1 atom stereocenters. The van der Waals surface area contributed by atoms with Gasteiger partial charge < -0.3 is 10.5 Å². The molecule has 1 unspecified atom stereocenters. The zero-order valence-corrected chi connectivity index (χ0v) is 14.7. The minimum Gasteiger partial charge on any atom is -0.394 e. The van der Waals surface area contributed by atoms with Gasteiger partial charge in [-0.15, -0.1) is 0 Å². The number of nitrogens with zero attached hydrogens (tertiary/aromatic N) is 5. The third kappa shape index (κ3) is 2.94. The van der Waals surface area contributed by atoms with E-state index in [1.807, 2.05) is 13.1 Å². The fraction of sp³-hybridized carbons (Fsp3) is 0.562. The average Bonchev–Trinajstić information content (AvgIpc) is 3.17. The fourth-order valence-corrected chi connectivity index (χ4v) is 2.71. The van der Waals surface area contributed by atoms with Crippen molar-refractivity contribution in [1.29, 1.82) is 0 Å². The molecule has 0 bridgehead atoms. The molecule has 0 spiro atoms. The molecule has 0 aliphatic carbocycles. The molecule has 8 nitrogen and oxygen atoms in total. The monoisotopic (exact) mass is 331 g/mol. The van der Waals surface area contributed by atoms with Crippen LogP contribution in [-0.4, -0.2) is 39.0 Å². The number of rotatable bonds is 3. The van der Waals surface area contributed by atoms with Crippen LogP contribution in [0.2, 0.25) is 0 Å². The molecule has 0 aromatic carbocycles. The molecule has 1 aliphatic heterocycles. The van der Waals surface area contributed by atoms with Gasteiger partial charge in [0.1, 0.15) is 17.2 Å². The summed E-state index contributed by atoms with van der Waals surface area (Å²) in [6.45, 7) is 7.47. The Balaban J connectivity index is 2.15. The molecule has 0 radical (unpaired) electrons. The Morgan fingerprint density at radius 2 is 2.08 bits per heavy atom. The second kappa shape index (κ2) is 6.03. The first kappa shape index (κ1) is 16.7. The van der Waals surface area contributed by atoms with Gasteiger partial charge in [0.05, 0.1) is 18.3 Å². The first-order valence-corrected chi connectivity index (χ1v) is 8.07. The number of hydrazine groups is 1. The molecule has 2 aromatic heterocycles. The van der Waals surface area contributed by atoms with E-state index in [2.05, 4.69) is 30.9 Å². The molecule has 8 heteroatoms. The zero-order valence-electron chi connectivity index (χ0n) is 14.7. The van der Waals surface area contributed by atoms with Gasteiger partial charge in [-0.1, -0.05) is 20.8 Å². The lowest BCUT2D eigenvalue weighted by atomic mass is 9.95. The van der Waals surface area contributed by atoms with Gasteiger partial charge in [-0.3, -0.25) is 9.69 Å². The summed E-state index contributed by atoms with van der Waals surface area (Å²) in [5.41, 5.74) is 8.10. The summed E-state index contributed by atoms with van der Waals surface area (Å²) >= 11 is 0. The second-order valence-corrected chi connectivity index (χ2v) is 7.15. The molecule has 1 aliphatic rings. The Kier molecular flexibility index (Phi) is 4.18. The number of hydrogen-bond acceptors (Lipinski definition) is 7. The van der Waals surface area contributed by atoms with Crippen LogP contribution in [0, 0.1) is 0 Å². The Morgan fingerprint density at radius 3 is 2.62 bits per heavy atom. The highest BCUT2D eigenvalue weighted by Gasteiger charge is 2.29. The summed E-state index contributed by atoms with van der Waals surface area (Å²) in [4.78, 5) is 9.37. The Hall–Kier alpha value is -2.19. The smallest absolute Gasteiger partial charge is 0.170 e. The maximum atomic E-state index is 6.40. The normalized spacial score (nSPS) is 18.1. The van der Waals surface area contributed by atoms with Gasteiger partial charge in [0, 0.05) is 25.3 Å². The molecule has 130 valence electrons. The summed E-state index contributed by atoms with van der Waals surface area (Å²) in [5, 5.41) is 5.84. The molecule has 24 heavy (non-hydrogen) atoms. The van der Waals surface area contributed by atoms with Gasteiger partial charge in [-0.05, 0) is 12.5 Å². The topological polar surface area (TPSA) is 108 Å². The van der Waals surface area contributed by atoms with Crippen molar-refractivity contribution in [2.24, 2.45) is 12.9 Å². The lowest BCUT2D eigenvalue weighted by molar-refractivity contribution is 0.193. The van der Waals surface area contributed by atoms with Crippen LogP contribution in [-0.2, 0) is 17.2 Å². The van der Waals surface area contributed by atoms with Crippen molar-refractivity contribution in [2.75, 3.05) is 24.0 Å². The van der Waals surface area contributed by atoms with Crippen molar-refractivity contribution in [3.05, 3.63) is 18.1 Å². The van der Waals surface area contributed by atoms with Gasteiger partial charge in [0.15, 0.2) is 5.82 Å². The summed E-state index contributed by atoms with van der Waals surface area (Å²) in [7, 11) is 1.86. The van der Waals surface area contributed by atoms with Crippen molar-refractivity contribution >= 4 is 11.5 Å². The standard InChI is InChI=1S/C16H25N7O/c1-16(2,3)15-20-13(11-5-7-19-22(11)4)12(17)14(21-15)23(18)10-6-8-24-9-10/h5,7,10H,6,8-9,17-18H2,1-4H3. The molecule has 3 rings (SSSR count). The van der Waals surface area contributed by atoms with Gasteiger partial charge in [0.25, 0.3) is 0 Å². The molecular weight excluding hydrogens is 306 g/mol. The van der Waals surface area contributed by atoms with E-state index in [1.165, 1.54) is 0 Å². The van der Waals surface area contributed by atoms with Crippen LogP contribution in [0.15, 0.2) is 12.3 Å². The summed E-state index contributed by atoms with van der Waals surface area (Å²) in [5.74, 6) is 7.57. The third-order valence-corrected chi connectivity index (χ3v) is 4.20. The summed E-state index contributed by atoms with van der Waals surface area (Å²) in [6.07, 6.45) is 2.57. The van der Waals surface area contributed by atoms with Crippen molar-refractivity contribution in [3.8, 4) is 11.4 Å².